The Bertz CT molecular complexity index is 350. The average Bonchev–Trinajstić information content (AvgIpc) is 2.13. The molecule has 4 heteroatoms. The largest absolute Gasteiger partial charge is 0.505 e. The van der Waals surface area contributed by atoms with Gasteiger partial charge in [0.1, 0.15) is 5.75 Å². The van der Waals surface area contributed by atoms with Crippen molar-refractivity contribution in [2.24, 2.45) is 0 Å². The molecular formula is C10H11Cl2NO. The van der Waals surface area contributed by atoms with Crippen LogP contribution in [-0.4, -0.2) is 11.0 Å². The maximum atomic E-state index is 9.55. The van der Waals surface area contributed by atoms with Crippen LogP contribution < -0.4 is 5.73 Å². The second-order valence-electron chi connectivity index (χ2n) is 2.81. The van der Waals surface area contributed by atoms with Crippen molar-refractivity contribution in [2.75, 3.05) is 11.6 Å². The van der Waals surface area contributed by atoms with E-state index in [4.69, 9.17) is 28.9 Å². The maximum Gasteiger partial charge on any atom is 0.145 e. The first-order chi connectivity index (χ1) is 6.65. The summed E-state index contributed by atoms with van der Waals surface area (Å²) in [6, 6.07) is 3.16. The number of hydrogen-bond acceptors (Lipinski definition) is 2. The summed E-state index contributed by atoms with van der Waals surface area (Å²) in [6.07, 6.45) is 4.35. The molecule has 0 saturated carbocycles. The van der Waals surface area contributed by atoms with Gasteiger partial charge in [0.25, 0.3) is 0 Å². The summed E-state index contributed by atoms with van der Waals surface area (Å²) in [5.74, 6) is 0.605. The van der Waals surface area contributed by atoms with Crippen molar-refractivity contribution in [1.82, 2.24) is 0 Å². The quantitative estimate of drug-likeness (QED) is 0.477. The number of halogens is 2. The summed E-state index contributed by atoms with van der Waals surface area (Å²) < 4.78 is 0. The molecule has 0 fully saturated rings. The van der Waals surface area contributed by atoms with E-state index in [0.717, 1.165) is 6.42 Å². The van der Waals surface area contributed by atoms with Crippen molar-refractivity contribution in [3.8, 4) is 5.75 Å². The van der Waals surface area contributed by atoms with Gasteiger partial charge in [0.05, 0.1) is 5.69 Å². The maximum absolute atomic E-state index is 9.55. The van der Waals surface area contributed by atoms with E-state index in [1.807, 2.05) is 6.08 Å². The summed E-state index contributed by atoms with van der Waals surface area (Å²) in [6.45, 7) is 0. The van der Waals surface area contributed by atoms with E-state index in [-0.39, 0.29) is 11.4 Å². The van der Waals surface area contributed by atoms with Crippen molar-refractivity contribution in [1.29, 1.82) is 0 Å². The molecule has 1 aromatic rings. The van der Waals surface area contributed by atoms with Crippen LogP contribution in [-0.2, 0) is 0 Å². The van der Waals surface area contributed by atoms with Crippen molar-refractivity contribution in [2.45, 2.75) is 6.42 Å². The second-order valence-corrected chi connectivity index (χ2v) is 3.63. The SMILES string of the molecule is Nc1cc(Cl)cc(C=CCCCl)c1O. The van der Waals surface area contributed by atoms with Crippen LogP contribution in [0.3, 0.4) is 0 Å². The molecule has 0 radical (unpaired) electrons. The Morgan fingerprint density at radius 3 is 2.79 bits per heavy atom. The van der Waals surface area contributed by atoms with Crippen LogP contribution in [0.2, 0.25) is 5.02 Å². The van der Waals surface area contributed by atoms with Gasteiger partial charge >= 0.3 is 0 Å². The molecule has 3 N–H and O–H groups in total. The van der Waals surface area contributed by atoms with E-state index < -0.39 is 0 Å². The molecule has 0 atom stereocenters. The predicted octanol–water partition coefficient (Wildman–Crippen LogP) is 3.27. The minimum Gasteiger partial charge on any atom is -0.505 e. The van der Waals surface area contributed by atoms with Gasteiger partial charge in [-0.25, -0.2) is 0 Å². The van der Waals surface area contributed by atoms with Gasteiger partial charge in [0.15, 0.2) is 0 Å². The molecule has 0 heterocycles. The van der Waals surface area contributed by atoms with E-state index in [9.17, 15) is 5.11 Å². The lowest BCUT2D eigenvalue weighted by atomic mass is 10.1. The lowest BCUT2D eigenvalue weighted by Gasteiger charge is -2.03. The number of rotatable bonds is 3. The van der Waals surface area contributed by atoms with Gasteiger partial charge in [-0.15, -0.1) is 11.6 Å². The molecule has 0 aromatic heterocycles. The summed E-state index contributed by atoms with van der Waals surface area (Å²) in [7, 11) is 0. The summed E-state index contributed by atoms with van der Waals surface area (Å²) >= 11 is 11.3. The summed E-state index contributed by atoms with van der Waals surface area (Å²) in [4.78, 5) is 0. The fourth-order valence-corrected chi connectivity index (χ4v) is 1.40. The number of benzene rings is 1. The molecule has 0 bridgehead atoms. The summed E-state index contributed by atoms with van der Waals surface area (Å²) in [5.41, 5.74) is 6.42. The minimum absolute atomic E-state index is 0.0558. The van der Waals surface area contributed by atoms with Crippen LogP contribution in [0.25, 0.3) is 6.08 Å². The van der Waals surface area contributed by atoms with Gasteiger partial charge in [0.2, 0.25) is 0 Å². The Morgan fingerprint density at radius 1 is 1.43 bits per heavy atom. The molecule has 0 aliphatic heterocycles. The Hall–Kier alpha value is -0.860. The van der Waals surface area contributed by atoms with Gasteiger partial charge < -0.3 is 10.8 Å². The number of phenolic OH excluding ortho intramolecular Hbond substituents is 1. The minimum atomic E-state index is 0.0558. The first-order valence-electron chi connectivity index (χ1n) is 4.15. The molecule has 76 valence electrons. The van der Waals surface area contributed by atoms with E-state index in [2.05, 4.69) is 0 Å². The molecule has 0 amide bonds. The lowest BCUT2D eigenvalue weighted by molar-refractivity contribution is 0.476. The third-order valence-corrected chi connectivity index (χ3v) is 2.14. The summed E-state index contributed by atoms with van der Waals surface area (Å²) in [5, 5.41) is 10.1. The molecule has 0 saturated heterocycles. The molecular weight excluding hydrogens is 221 g/mol. The standard InChI is InChI=1S/C10H11Cl2NO/c11-4-2-1-3-7-5-8(12)6-9(13)10(7)14/h1,3,5-6,14H,2,4,13H2. The average molecular weight is 232 g/mol. The third kappa shape index (κ3) is 2.82. The number of phenols is 1. The van der Waals surface area contributed by atoms with Crippen LogP contribution >= 0.6 is 23.2 Å². The number of allylic oxidation sites excluding steroid dienone is 1. The molecule has 2 nitrogen and oxygen atoms in total. The van der Waals surface area contributed by atoms with Crippen molar-refractivity contribution in [3.05, 3.63) is 28.8 Å². The number of hydrogen-bond donors (Lipinski definition) is 2. The van der Waals surface area contributed by atoms with Gasteiger partial charge in [-0.3, -0.25) is 0 Å². The molecule has 1 rings (SSSR count). The van der Waals surface area contributed by atoms with Crippen LogP contribution in [0.1, 0.15) is 12.0 Å². The highest BCUT2D eigenvalue weighted by Crippen LogP contribution is 2.30. The van der Waals surface area contributed by atoms with Crippen molar-refractivity contribution >= 4 is 35.0 Å². The molecule has 14 heavy (non-hydrogen) atoms. The Morgan fingerprint density at radius 2 is 2.14 bits per heavy atom. The highest BCUT2D eigenvalue weighted by molar-refractivity contribution is 6.31. The number of aromatic hydroxyl groups is 1. The smallest absolute Gasteiger partial charge is 0.145 e. The van der Waals surface area contributed by atoms with E-state index in [0.29, 0.717) is 16.5 Å². The predicted molar refractivity (Wildman–Crippen MR) is 61.9 cm³/mol. The third-order valence-electron chi connectivity index (χ3n) is 1.71. The van der Waals surface area contributed by atoms with Crippen LogP contribution in [0.4, 0.5) is 5.69 Å². The Kier molecular flexibility index (Phi) is 4.11. The van der Waals surface area contributed by atoms with E-state index in [1.165, 1.54) is 6.07 Å². The first-order valence-corrected chi connectivity index (χ1v) is 5.07. The number of alkyl halides is 1. The second kappa shape index (κ2) is 5.13. The van der Waals surface area contributed by atoms with Crippen LogP contribution in [0.15, 0.2) is 18.2 Å². The monoisotopic (exact) mass is 231 g/mol. The Labute approximate surface area is 92.9 Å². The zero-order valence-electron chi connectivity index (χ0n) is 7.50. The van der Waals surface area contributed by atoms with Gasteiger partial charge in [-0.2, -0.15) is 0 Å². The Balaban J connectivity index is 2.96. The normalized spacial score (nSPS) is 11.0. The van der Waals surface area contributed by atoms with E-state index in [1.54, 1.807) is 12.1 Å². The van der Waals surface area contributed by atoms with Crippen LogP contribution in [0, 0.1) is 0 Å². The highest BCUT2D eigenvalue weighted by atomic mass is 35.5. The molecule has 1 aromatic carbocycles. The zero-order valence-corrected chi connectivity index (χ0v) is 9.02. The zero-order chi connectivity index (χ0) is 10.6. The number of nitrogen functional groups attached to an aromatic ring is 1. The fourth-order valence-electron chi connectivity index (χ4n) is 1.04. The molecule has 0 spiro atoms. The first kappa shape index (κ1) is 11.2. The molecule has 0 aliphatic carbocycles. The van der Waals surface area contributed by atoms with Crippen LogP contribution in [0.5, 0.6) is 5.75 Å². The number of nitrogens with two attached hydrogens (primary N) is 1. The fraction of sp³-hybridized carbons (Fsp3) is 0.200. The van der Waals surface area contributed by atoms with Gasteiger partial charge in [0, 0.05) is 16.5 Å². The van der Waals surface area contributed by atoms with Gasteiger partial charge in [-0.1, -0.05) is 23.8 Å². The molecule has 0 aliphatic rings. The highest BCUT2D eigenvalue weighted by Gasteiger charge is 2.03. The molecule has 0 unspecified atom stereocenters. The van der Waals surface area contributed by atoms with Crippen molar-refractivity contribution in [3.63, 3.8) is 0 Å². The van der Waals surface area contributed by atoms with Gasteiger partial charge in [-0.05, 0) is 18.6 Å². The van der Waals surface area contributed by atoms with E-state index >= 15 is 0 Å². The number of anilines is 1. The van der Waals surface area contributed by atoms with Crippen molar-refractivity contribution < 1.29 is 5.11 Å². The topological polar surface area (TPSA) is 46.2 Å². The lowest BCUT2D eigenvalue weighted by Crippen LogP contribution is -1.87.